The molecular weight excluding hydrogens is 220 g/mol. The maximum atomic E-state index is 3.55. The van der Waals surface area contributed by atoms with Crippen molar-refractivity contribution in [2.45, 2.75) is 39.7 Å². The Balaban J connectivity index is 1.97. The number of anilines is 1. The number of hydrogen-bond acceptors (Lipinski definition) is 2. The summed E-state index contributed by atoms with van der Waals surface area (Å²) in [7, 11) is 0. The quantitative estimate of drug-likeness (QED) is 0.825. The van der Waals surface area contributed by atoms with Gasteiger partial charge in [-0.3, -0.25) is 0 Å². The molecule has 2 nitrogen and oxygen atoms in total. The van der Waals surface area contributed by atoms with Gasteiger partial charge >= 0.3 is 0 Å². The summed E-state index contributed by atoms with van der Waals surface area (Å²) < 4.78 is 0. The van der Waals surface area contributed by atoms with Crippen molar-refractivity contribution in [1.29, 1.82) is 0 Å². The molecule has 1 heterocycles. The minimum absolute atomic E-state index is 0.452. The Labute approximate surface area is 111 Å². The van der Waals surface area contributed by atoms with Gasteiger partial charge in [0, 0.05) is 24.8 Å². The predicted molar refractivity (Wildman–Crippen MR) is 79.1 cm³/mol. The zero-order valence-corrected chi connectivity index (χ0v) is 11.9. The first kappa shape index (κ1) is 13.4. The van der Waals surface area contributed by atoms with Crippen LogP contribution < -0.4 is 10.2 Å². The minimum Gasteiger partial charge on any atom is -0.371 e. The van der Waals surface area contributed by atoms with Gasteiger partial charge in [0.2, 0.25) is 0 Å². The summed E-state index contributed by atoms with van der Waals surface area (Å²) in [5.41, 5.74) is 2.79. The highest BCUT2D eigenvalue weighted by molar-refractivity contribution is 5.51. The third-order valence-electron chi connectivity index (χ3n) is 3.97. The Morgan fingerprint density at radius 2 is 2.11 bits per heavy atom. The largest absolute Gasteiger partial charge is 0.371 e. The molecule has 0 bridgehead atoms. The Morgan fingerprint density at radius 3 is 2.78 bits per heavy atom. The second kappa shape index (κ2) is 6.24. The smallest absolute Gasteiger partial charge is 0.0369 e. The third kappa shape index (κ3) is 3.05. The van der Waals surface area contributed by atoms with E-state index in [1.54, 1.807) is 0 Å². The van der Waals surface area contributed by atoms with Crippen LogP contribution in [0.2, 0.25) is 0 Å². The summed E-state index contributed by atoms with van der Waals surface area (Å²) in [5, 5.41) is 3.55. The number of benzene rings is 1. The molecule has 100 valence electrons. The van der Waals surface area contributed by atoms with Crippen molar-refractivity contribution in [3.8, 4) is 0 Å². The van der Waals surface area contributed by atoms with Crippen LogP contribution in [0.25, 0.3) is 0 Å². The second-order valence-electron chi connectivity index (χ2n) is 5.45. The fourth-order valence-electron chi connectivity index (χ4n) is 2.51. The van der Waals surface area contributed by atoms with Crippen molar-refractivity contribution in [2.75, 3.05) is 24.5 Å². The van der Waals surface area contributed by atoms with Crippen molar-refractivity contribution in [2.24, 2.45) is 5.92 Å². The zero-order chi connectivity index (χ0) is 13.0. The van der Waals surface area contributed by atoms with E-state index < -0.39 is 0 Å². The standard InChI is InChI=1S/C16H26N2/c1-4-9-17-13(3)15-7-6-8-16(10-15)18-11-14(5-2)12-18/h6-8,10,13-14,17H,4-5,9,11-12H2,1-3H3. The van der Waals surface area contributed by atoms with Gasteiger partial charge in [0.1, 0.15) is 0 Å². The van der Waals surface area contributed by atoms with Crippen molar-refractivity contribution in [3.63, 3.8) is 0 Å². The normalized spacial score (nSPS) is 17.6. The first-order valence-corrected chi connectivity index (χ1v) is 7.32. The molecule has 18 heavy (non-hydrogen) atoms. The van der Waals surface area contributed by atoms with Crippen molar-refractivity contribution in [3.05, 3.63) is 29.8 Å². The van der Waals surface area contributed by atoms with Gasteiger partial charge < -0.3 is 10.2 Å². The number of nitrogens with one attached hydrogen (secondary N) is 1. The van der Waals surface area contributed by atoms with E-state index in [1.165, 1.54) is 37.2 Å². The maximum absolute atomic E-state index is 3.55. The topological polar surface area (TPSA) is 15.3 Å². The first-order valence-electron chi connectivity index (χ1n) is 7.32. The molecule has 1 aliphatic heterocycles. The molecule has 1 aromatic rings. The van der Waals surface area contributed by atoms with Gasteiger partial charge in [0.15, 0.2) is 0 Å². The van der Waals surface area contributed by atoms with E-state index >= 15 is 0 Å². The van der Waals surface area contributed by atoms with Crippen LogP contribution >= 0.6 is 0 Å². The highest BCUT2D eigenvalue weighted by Crippen LogP contribution is 2.28. The lowest BCUT2D eigenvalue weighted by Crippen LogP contribution is -2.46. The molecule has 1 atom stereocenters. The summed E-state index contributed by atoms with van der Waals surface area (Å²) in [6, 6.07) is 9.46. The molecule has 0 radical (unpaired) electrons. The molecule has 2 heteroatoms. The number of rotatable bonds is 6. The van der Waals surface area contributed by atoms with Crippen molar-refractivity contribution in [1.82, 2.24) is 5.32 Å². The van der Waals surface area contributed by atoms with E-state index in [4.69, 9.17) is 0 Å². The Kier molecular flexibility index (Phi) is 4.65. The molecule has 0 spiro atoms. The van der Waals surface area contributed by atoms with E-state index in [0.29, 0.717) is 6.04 Å². The average molecular weight is 246 g/mol. The monoisotopic (exact) mass is 246 g/mol. The molecular formula is C16H26N2. The van der Waals surface area contributed by atoms with Crippen LogP contribution in [0.1, 0.15) is 45.2 Å². The van der Waals surface area contributed by atoms with E-state index in [1.807, 2.05) is 0 Å². The van der Waals surface area contributed by atoms with E-state index in [0.717, 1.165) is 12.5 Å². The highest BCUT2D eigenvalue weighted by atomic mass is 15.2. The van der Waals surface area contributed by atoms with Gasteiger partial charge in [-0.25, -0.2) is 0 Å². The van der Waals surface area contributed by atoms with Gasteiger partial charge in [-0.1, -0.05) is 26.0 Å². The molecule has 0 saturated carbocycles. The van der Waals surface area contributed by atoms with Crippen LogP contribution in [-0.2, 0) is 0 Å². The van der Waals surface area contributed by atoms with Gasteiger partial charge in [-0.05, 0) is 49.9 Å². The van der Waals surface area contributed by atoms with E-state index in [9.17, 15) is 0 Å². The summed E-state index contributed by atoms with van der Waals surface area (Å²) in [4.78, 5) is 2.49. The predicted octanol–water partition coefficient (Wildman–Crippen LogP) is 3.59. The summed E-state index contributed by atoms with van der Waals surface area (Å²) in [6.45, 7) is 10.3. The Bertz CT molecular complexity index is 349. The van der Waals surface area contributed by atoms with Crippen molar-refractivity contribution >= 4 is 5.69 Å². The molecule has 1 aliphatic rings. The van der Waals surface area contributed by atoms with E-state index in [2.05, 4.69) is 55.3 Å². The number of hydrogen-bond donors (Lipinski definition) is 1. The SMILES string of the molecule is CCCNC(C)c1cccc(N2CC(CC)C2)c1. The van der Waals surface area contributed by atoms with Gasteiger partial charge in [0.25, 0.3) is 0 Å². The zero-order valence-electron chi connectivity index (χ0n) is 11.9. The van der Waals surface area contributed by atoms with Crippen LogP contribution in [-0.4, -0.2) is 19.6 Å². The summed E-state index contributed by atoms with van der Waals surface area (Å²) in [5.74, 6) is 0.907. The maximum Gasteiger partial charge on any atom is 0.0369 e. The molecule has 0 aliphatic carbocycles. The number of nitrogens with zero attached hydrogens (tertiary/aromatic N) is 1. The lowest BCUT2D eigenvalue weighted by atomic mass is 9.96. The molecule has 0 aromatic heterocycles. The van der Waals surface area contributed by atoms with Crippen LogP contribution in [0.3, 0.4) is 0 Å². The lowest BCUT2D eigenvalue weighted by molar-refractivity contribution is 0.398. The van der Waals surface area contributed by atoms with Crippen LogP contribution in [0, 0.1) is 5.92 Å². The molecule has 1 aromatic carbocycles. The van der Waals surface area contributed by atoms with E-state index in [-0.39, 0.29) is 0 Å². The fraction of sp³-hybridized carbons (Fsp3) is 0.625. The lowest BCUT2D eigenvalue weighted by Gasteiger charge is -2.41. The van der Waals surface area contributed by atoms with Crippen LogP contribution in [0.15, 0.2) is 24.3 Å². The molecule has 2 rings (SSSR count). The summed E-state index contributed by atoms with van der Waals surface area (Å²) in [6.07, 6.45) is 2.50. The Hall–Kier alpha value is -1.02. The second-order valence-corrected chi connectivity index (χ2v) is 5.45. The molecule has 1 unspecified atom stereocenters. The molecule has 1 fully saturated rings. The Morgan fingerprint density at radius 1 is 1.33 bits per heavy atom. The van der Waals surface area contributed by atoms with Gasteiger partial charge in [-0.2, -0.15) is 0 Å². The van der Waals surface area contributed by atoms with Gasteiger partial charge in [-0.15, -0.1) is 0 Å². The van der Waals surface area contributed by atoms with Crippen LogP contribution in [0.5, 0.6) is 0 Å². The first-order chi connectivity index (χ1) is 8.74. The van der Waals surface area contributed by atoms with Crippen LogP contribution in [0.4, 0.5) is 5.69 Å². The van der Waals surface area contributed by atoms with Crippen molar-refractivity contribution < 1.29 is 0 Å². The van der Waals surface area contributed by atoms with Gasteiger partial charge in [0.05, 0.1) is 0 Å². The molecule has 0 amide bonds. The fourth-order valence-corrected chi connectivity index (χ4v) is 2.51. The summed E-state index contributed by atoms with van der Waals surface area (Å²) >= 11 is 0. The third-order valence-corrected chi connectivity index (χ3v) is 3.97. The average Bonchev–Trinajstić information content (AvgIpc) is 2.35. The molecule has 1 saturated heterocycles. The highest BCUT2D eigenvalue weighted by Gasteiger charge is 2.25. The molecule has 1 N–H and O–H groups in total. The minimum atomic E-state index is 0.452.